The SMILES string of the molecule is CC[SiH]1O[SiH](C)O[SiH](C)O[SiH](C)O[SiH](CC)O[SiH](CC)O1. The van der Waals surface area contributed by atoms with Crippen molar-refractivity contribution in [2.75, 3.05) is 0 Å². The molecule has 0 aliphatic carbocycles. The van der Waals surface area contributed by atoms with Gasteiger partial charge in [-0.2, -0.15) is 0 Å². The maximum absolute atomic E-state index is 6.23. The van der Waals surface area contributed by atoms with Crippen LogP contribution in [0, 0.1) is 0 Å². The van der Waals surface area contributed by atoms with Gasteiger partial charge >= 0.3 is 27.9 Å². The van der Waals surface area contributed by atoms with Crippen molar-refractivity contribution in [2.45, 2.75) is 58.5 Å². The Labute approximate surface area is 139 Å². The molecule has 0 radical (unpaired) electrons. The van der Waals surface area contributed by atoms with E-state index in [0.29, 0.717) is 0 Å². The molecule has 0 amide bonds. The topological polar surface area (TPSA) is 55.4 Å². The molecule has 1 rings (SSSR count). The molecule has 4 atom stereocenters. The highest BCUT2D eigenvalue weighted by Crippen LogP contribution is 2.12. The van der Waals surface area contributed by atoms with Gasteiger partial charge in [0.05, 0.1) is 0 Å². The summed E-state index contributed by atoms with van der Waals surface area (Å²) < 4.78 is 36.7. The average molecular weight is 403 g/mol. The lowest BCUT2D eigenvalue weighted by molar-refractivity contribution is 0.289. The molecule has 1 heterocycles. The fraction of sp³-hybridized carbons (Fsp3) is 1.00. The summed E-state index contributed by atoms with van der Waals surface area (Å²) in [6.07, 6.45) is 0. The van der Waals surface area contributed by atoms with Gasteiger partial charge in [0.25, 0.3) is 27.9 Å². The van der Waals surface area contributed by atoms with Crippen LogP contribution in [0.1, 0.15) is 20.8 Å². The molecular formula is C9H30O6Si6. The van der Waals surface area contributed by atoms with Crippen LogP contribution >= 0.6 is 0 Å². The summed E-state index contributed by atoms with van der Waals surface area (Å²) in [5.41, 5.74) is 0. The van der Waals surface area contributed by atoms with Crippen LogP contribution in [0.15, 0.2) is 0 Å². The number of rotatable bonds is 3. The Kier molecular flexibility index (Phi) is 10.3. The largest absolute Gasteiger partial charge is 0.420 e. The van der Waals surface area contributed by atoms with Crippen molar-refractivity contribution in [1.29, 1.82) is 0 Å². The van der Waals surface area contributed by atoms with Crippen molar-refractivity contribution in [3.8, 4) is 0 Å². The van der Waals surface area contributed by atoms with Crippen molar-refractivity contribution in [2.24, 2.45) is 0 Å². The minimum absolute atomic E-state index is 0.953. The average Bonchev–Trinajstić information content (AvgIpc) is 2.42. The molecular weight excluding hydrogens is 373 g/mol. The second-order valence-corrected chi connectivity index (χ2v) is 20.0. The Hall–Kier alpha value is 1.06. The van der Waals surface area contributed by atoms with E-state index in [1.165, 1.54) is 0 Å². The normalized spacial score (nSPS) is 40.3. The first kappa shape index (κ1) is 20.1. The fourth-order valence-corrected chi connectivity index (χ4v) is 22.1. The van der Waals surface area contributed by atoms with E-state index < -0.39 is 55.7 Å². The molecule has 0 aromatic heterocycles. The first-order valence-corrected chi connectivity index (χ1v) is 19.5. The Balaban J connectivity index is 2.76. The highest BCUT2D eigenvalue weighted by atomic mass is 28.5. The standard InChI is InChI=1S/C9H30O6Si6/c1-7-19-12-17(5)10-16(4)11-18(6)13-20(8-2)15-21(9-3)14-19/h16-21H,7-9H2,1-6H3. The molecule has 0 N–H and O–H groups in total. The minimum atomic E-state index is -1.67. The molecule has 0 aromatic carbocycles. The maximum atomic E-state index is 6.23. The van der Waals surface area contributed by atoms with Crippen molar-refractivity contribution in [3.63, 3.8) is 0 Å². The molecule has 0 spiro atoms. The molecule has 6 nitrogen and oxygen atoms in total. The number of hydrogen-bond acceptors (Lipinski definition) is 6. The predicted molar refractivity (Wildman–Crippen MR) is 98.4 cm³/mol. The van der Waals surface area contributed by atoms with E-state index in [2.05, 4.69) is 40.4 Å². The first-order valence-electron chi connectivity index (χ1n) is 7.91. The molecule has 1 aliphatic rings. The molecule has 126 valence electrons. The summed E-state index contributed by atoms with van der Waals surface area (Å²) in [5.74, 6) is 0. The quantitative estimate of drug-likeness (QED) is 0.636. The minimum Gasteiger partial charge on any atom is -0.420 e. The lowest BCUT2D eigenvalue weighted by atomic mass is 11.0. The van der Waals surface area contributed by atoms with Crippen LogP contribution in [-0.4, -0.2) is 55.7 Å². The molecule has 21 heavy (non-hydrogen) atoms. The Morgan fingerprint density at radius 1 is 0.476 bits per heavy atom. The van der Waals surface area contributed by atoms with Gasteiger partial charge in [0.1, 0.15) is 0 Å². The summed E-state index contributed by atoms with van der Waals surface area (Å²) in [7, 11) is -9.95. The van der Waals surface area contributed by atoms with Crippen molar-refractivity contribution in [3.05, 3.63) is 0 Å². The van der Waals surface area contributed by atoms with E-state index in [0.717, 1.165) is 18.1 Å². The van der Waals surface area contributed by atoms with Crippen LogP contribution in [0.2, 0.25) is 37.8 Å². The van der Waals surface area contributed by atoms with Gasteiger partial charge in [0.15, 0.2) is 0 Å². The third kappa shape index (κ3) is 7.93. The molecule has 12 heteroatoms. The van der Waals surface area contributed by atoms with E-state index in [1.54, 1.807) is 0 Å². The highest BCUT2D eigenvalue weighted by molar-refractivity contribution is 6.73. The zero-order chi connectivity index (χ0) is 15.8. The third-order valence-electron chi connectivity index (χ3n) is 3.06. The number of hydrogen-bond donors (Lipinski definition) is 0. The van der Waals surface area contributed by atoms with Crippen molar-refractivity contribution < 1.29 is 24.7 Å². The van der Waals surface area contributed by atoms with Gasteiger partial charge in [0, 0.05) is 0 Å². The van der Waals surface area contributed by atoms with Gasteiger partial charge in [-0.3, -0.25) is 0 Å². The molecule has 1 aliphatic heterocycles. The Morgan fingerprint density at radius 2 is 0.762 bits per heavy atom. The zero-order valence-corrected chi connectivity index (χ0v) is 21.0. The molecule has 1 fully saturated rings. The van der Waals surface area contributed by atoms with Gasteiger partial charge in [-0.1, -0.05) is 20.8 Å². The summed E-state index contributed by atoms with van der Waals surface area (Å²) in [5, 5.41) is 0. The van der Waals surface area contributed by atoms with Crippen LogP contribution in [0.4, 0.5) is 0 Å². The molecule has 0 aromatic rings. The lowest BCUT2D eigenvalue weighted by Gasteiger charge is -2.31. The summed E-state index contributed by atoms with van der Waals surface area (Å²) in [6, 6.07) is 2.86. The van der Waals surface area contributed by atoms with Crippen LogP contribution in [0.5, 0.6) is 0 Å². The summed E-state index contributed by atoms with van der Waals surface area (Å²) in [6.45, 7) is 12.6. The molecule has 0 bridgehead atoms. The monoisotopic (exact) mass is 402 g/mol. The van der Waals surface area contributed by atoms with E-state index in [-0.39, 0.29) is 0 Å². The molecule has 0 saturated carbocycles. The van der Waals surface area contributed by atoms with Gasteiger partial charge in [-0.05, 0) is 37.8 Å². The van der Waals surface area contributed by atoms with Crippen molar-refractivity contribution in [1.82, 2.24) is 0 Å². The summed E-state index contributed by atoms with van der Waals surface area (Å²) >= 11 is 0. The molecule has 4 unspecified atom stereocenters. The van der Waals surface area contributed by atoms with Crippen LogP contribution in [0.3, 0.4) is 0 Å². The first-order chi connectivity index (χ1) is 9.98. The molecule has 1 saturated heterocycles. The van der Waals surface area contributed by atoms with Crippen LogP contribution in [-0.2, 0) is 24.7 Å². The van der Waals surface area contributed by atoms with Gasteiger partial charge < -0.3 is 24.7 Å². The van der Waals surface area contributed by atoms with Crippen LogP contribution < -0.4 is 0 Å². The van der Waals surface area contributed by atoms with Crippen LogP contribution in [0.25, 0.3) is 0 Å². The lowest BCUT2D eigenvalue weighted by Crippen LogP contribution is -2.46. The van der Waals surface area contributed by atoms with E-state index in [9.17, 15) is 0 Å². The van der Waals surface area contributed by atoms with E-state index in [1.807, 2.05) is 0 Å². The second-order valence-electron chi connectivity index (χ2n) is 5.03. The fourth-order valence-electron chi connectivity index (χ4n) is 2.08. The van der Waals surface area contributed by atoms with Gasteiger partial charge in [0.2, 0.25) is 0 Å². The van der Waals surface area contributed by atoms with Gasteiger partial charge in [-0.15, -0.1) is 0 Å². The maximum Gasteiger partial charge on any atom is 0.303 e. The zero-order valence-electron chi connectivity index (χ0n) is 14.0. The third-order valence-corrected chi connectivity index (χ3v) is 21.5. The Bertz CT molecular complexity index is 265. The highest BCUT2D eigenvalue weighted by Gasteiger charge is 2.29. The van der Waals surface area contributed by atoms with Crippen molar-refractivity contribution >= 4 is 55.7 Å². The predicted octanol–water partition coefficient (Wildman–Crippen LogP) is 0.372. The second kappa shape index (κ2) is 10.8. The van der Waals surface area contributed by atoms with E-state index >= 15 is 0 Å². The summed E-state index contributed by atoms with van der Waals surface area (Å²) in [4.78, 5) is 0. The van der Waals surface area contributed by atoms with Gasteiger partial charge in [-0.25, -0.2) is 0 Å². The smallest absolute Gasteiger partial charge is 0.303 e. The Morgan fingerprint density at radius 3 is 1.10 bits per heavy atom. The van der Waals surface area contributed by atoms with E-state index in [4.69, 9.17) is 24.7 Å².